The molecule has 47 valence electrons. The van der Waals surface area contributed by atoms with E-state index in [0.717, 1.165) is 0 Å². The molecule has 0 bridgehead atoms. The summed E-state index contributed by atoms with van der Waals surface area (Å²) in [7, 11) is -4.61. The summed E-state index contributed by atoms with van der Waals surface area (Å²) in [5, 5.41) is 0. The van der Waals surface area contributed by atoms with Crippen molar-refractivity contribution in [2.24, 2.45) is 0 Å². The molecule has 0 aromatic carbocycles. The minimum atomic E-state index is -4.61. The van der Waals surface area contributed by atoms with E-state index in [4.69, 9.17) is 19.2 Å². The van der Waals surface area contributed by atoms with Crippen LogP contribution >= 0.6 is 0 Å². The topological polar surface area (TPSA) is 80.9 Å². The summed E-state index contributed by atoms with van der Waals surface area (Å²) in [5.74, 6) is 0. The van der Waals surface area contributed by atoms with Crippen LogP contribution < -0.4 is 0 Å². The molecule has 0 aliphatic carbocycles. The maximum atomic E-state index is 7.33. The summed E-state index contributed by atoms with van der Waals surface area (Å²) in [6.07, 6.45) is 0. The molecule has 0 saturated carbocycles. The van der Waals surface area contributed by atoms with E-state index in [0.29, 0.717) is 0 Å². The molecule has 0 aliphatic rings. The van der Waals surface area contributed by atoms with Crippen LogP contribution in [-0.4, -0.2) is 89.0 Å². The van der Waals surface area contributed by atoms with Crippen LogP contribution in [0.25, 0.3) is 0 Å². The zero-order chi connectivity index (χ0) is 4.50. The molecule has 0 amide bonds. The second kappa shape index (κ2) is 9.60. The van der Waals surface area contributed by atoms with Gasteiger partial charge in [0.05, 0.1) is 0 Å². The molecular weight excluding hydrogens is 211 g/mol. The third-order valence-electron chi connectivity index (χ3n) is 0. The summed E-state index contributed by atoms with van der Waals surface area (Å²) < 4.78 is 0. The first kappa shape index (κ1) is 22.4. The van der Waals surface area contributed by atoms with Crippen molar-refractivity contribution >= 4 is 69.8 Å². The standard InChI is InChI=1S/Ca.Mg.Mn.H4O4Si.4H/c;;;1-5(2,3)4;;;;/h;;;1-4H;;;;. The van der Waals surface area contributed by atoms with E-state index < -0.39 is 9.05 Å². The van der Waals surface area contributed by atoms with Crippen molar-refractivity contribution in [1.82, 2.24) is 0 Å². The fraction of sp³-hybridized carbons (Fsp3) is 0. The average molecular weight is 219 g/mol. The van der Waals surface area contributed by atoms with Gasteiger partial charge in [0.15, 0.2) is 0 Å². The van der Waals surface area contributed by atoms with Crippen LogP contribution in [0, 0.1) is 0 Å². The zero-order valence-electron chi connectivity index (χ0n) is 2.67. The van der Waals surface area contributed by atoms with Gasteiger partial charge in [-0.3, -0.25) is 0 Å². The van der Waals surface area contributed by atoms with Gasteiger partial charge >= 0.3 is 69.8 Å². The van der Waals surface area contributed by atoms with E-state index in [1.165, 1.54) is 0 Å². The Bertz CT molecular complexity index is 31.5. The Morgan fingerprint density at radius 3 is 0.875 bits per heavy atom. The van der Waals surface area contributed by atoms with E-state index in [1.54, 1.807) is 0 Å². The molecule has 1 radical (unpaired) electrons. The molecule has 0 heterocycles. The van der Waals surface area contributed by atoms with Crippen LogP contribution in [0.4, 0.5) is 0 Å². The van der Waals surface area contributed by atoms with Gasteiger partial charge < -0.3 is 19.2 Å². The third kappa shape index (κ3) is 73.4. The molecule has 0 aromatic heterocycles. The Morgan fingerprint density at radius 1 is 0.875 bits per heavy atom. The second-order valence-electron chi connectivity index (χ2n) is 0.600. The third-order valence-corrected chi connectivity index (χ3v) is 0. The first-order valence-electron chi connectivity index (χ1n) is 0.894. The van der Waals surface area contributed by atoms with Crippen LogP contribution in [0.3, 0.4) is 0 Å². The van der Waals surface area contributed by atoms with E-state index in [2.05, 4.69) is 0 Å². The summed E-state index contributed by atoms with van der Waals surface area (Å²) in [5.41, 5.74) is 0. The van der Waals surface area contributed by atoms with E-state index in [1.807, 2.05) is 0 Å². The number of rotatable bonds is 0. The van der Waals surface area contributed by atoms with E-state index >= 15 is 0 Å². The van der Waals surface area contributed by atoms with Gasteiger partial charge in [0, 0.05) is 17.1 Å². The summed E-state index contributed by atoms with van der Waals surface area (Å²) in [4.78, 5) is 29.3. The van der Waals surface area contributed by atoms with Gasteiger partial charge in [0.2, 0.25) is 0 Å². The fourth-order valence-electron chi connectivity index (χ4n) is 0. The molecule has 0 aliphatic heterocycles. The largest absolute Gasteiger partial charge is 0.316 e. The van der Waals surface area contributed by atoms with Gasteiger partial charge in [-0.15, -0.1) is 0 Å². The summed E-state index contributed by atoms with van der Waals surface area (Å²) in [6.45, 7) is 0. The minimum absolute atomic E-state index is 0. The van der Waals surface area contributed by atoms with Gasteiger partial charge in [-0.05, 0) is 0 Å². The SMILES string of the molecule is O[Si](O)(O)O.[CaH2].[MgH2].[Mn]. The Balaban J connectivity index is -0.0000000267. The molecule has 0 rings (SSSR count). The Hall–Kier alpha value is 2.60. The molecule has 8 heteroatoms. The second-order valence-corrected chi connectivity index (χ2v) is 1.80. The molecule has 8 heavy (non-hydrogen) atoms. The monoisotopic (exact) mass is 219 g/mol. The first-order chi connectivity index (χ1) is 2.00. The smallest absolute Gasteiger partial charge is 0 e. The van der Waals surface area contributed by atoms with Gasteiger partial charge in [-0.2, -0.15) is 0 Å². The van der Waals surface area contributed by atoms with E-state index in [9.17, 15) is 0 Å². The van der Waals surface area contributed by atoms with Crippen molar-refractivity contribution in [3.8, 4) is 0 Å². The minimum Gasteiger partial charge on any atom is 0 e. The molecule has 0 spiro atoms. The zero-order valence-corrected chi connectivity index (χ0v) is 4.85. The van der Waals surface area contributed by atoms with Crippen LogP contribution in [0.1, 0.15) is 0 Å². The Labute approximate surface area is 104 Å². The Morgan fingerprint density at radius 2 is 0.875 bits per heavy atom. The molecule has 0 aromatic rings. The Kier molecular flexibility index (Phi) is 26.9. The first-order valence-corrected chi connectivity index (χ1v) is 2.68. The number of hydrogen-bond acceptors (Lipinski definition) is 4. The van der Waals surface area contributed by atoms with Gasteiger partial charge in [0.25, 0.3) is 0 Å². The van der Waals surface area contributed by atoms with Crippen molar-refractivity contribution < 1.29 is 36.3 Å². The molecule has 0 fully saturated rings. The molecule has 0 unspecified atom stereocenters. The normalized spacial score (nSPS) is 7.50. The van der Waals surface area contributed by atoms with Crippen LogP contribution in [-0.2, 0) is 17.1 Å². The molecular formula is H8CaMgMnO4Si. The van der Waals surface area contributed by atoms with Crippen LogP contribution in [0.2, 0.25) is 0 Å². The summed E-state index contributed by atoms with van der Waals surface area (Å²) in [6, 6.07) is 0. The van der Waals surface area contributed by atoms with Gasteiger partial charge in [-0.25, -0.2) is 0 Å². The predicted molar refractivity (Wildman–Crippen MR) is 31.7 cm³/mol. The van der Waals surface area contributed by atoms with Crippen LogP contribution in [0.15, 0.2) is 0 Å². The maximum Gasteiger partial charge on any atom is 0.316 e. The van der Waals surface area contributed by atoms with Crippen LogP contribution in [0.5, 0.6) is 0 Å². The van der Waals surface area contributed by atoms with Crippen molar-refractivity contribution in [2.75, 3.05) is 0 Å². The molecule has 4 nitrogen and oxygen atoms in total. The van der Waals surface area contributed by atoms with Crippen molar-refractivity contribution in [3.63, 3.8) is 0 Å². The van der Waals surface area contributed by atoms with Gasteiger partial charge in [-0.1, -0.05) is 0 Å². The molecule has 4 N–H and O–H groups in total. The van der Waals surface area contributed by atoms with Crippen molar-refractivity contribution in [3.05, 3.63) is 0 Å². The predicted octanol–water partition coefficient (Wildman–Crippen LogP) is -4.44. The maximum absolute atomic E-state index is 7.33. The molecule has 0 saturated heterocycles. The van der Waals surface area contributed by atoms with Gasteiger partial charge in [0.1, 0.15) is 0 Å². The van der Waals surface area contributed by atoms with Crippen molar-refractivity contribution in [2.45, 2.75) is 0 Å². The summed E-state index contributed by atoms with van der Waals surface area (Å²) >= 11 is 0. The quantitative estimate of drug-likeness (QED) is 0.310. The number of hydrogen-bond donors (Lipinski definition) is 4. The van der Waals surface area contributed by atoms with Crippen molar-refractivity contribution in [1.29, 1.82) is 0 Å². The fourth-order valence-corrected chi connectivity index (χ4v) is 0. The average Bonchev–Trinajstić information content (AvgIpc) is 0.722. The van der Waals surface area contributed by atoms with E-state index in [-0.39, 0.29) is 77.9 Å². The molecule has 0 atom stereocenters.